The molecule has 1 N–H and O–H groups in total. The Hall–Kier alpha value is -3.28. The van der Waals surface area contributed by atoms with Crippen LogP contribution in [-0.4, -0.2) is 29.5 Å². The number of rotatable bonds is 6. The van der Waals surface area contributed by atoms with E-state index < -0.39 is 0 Å². The predicted octanol–water partition coefficient (Wildman–Crippen LogP) is 3.66. The van der Waals surface area contributed by atoms with E-state index in [2.05, 4.69) is 15.3 Å². The first kappa shape index (κ1) is 18.5. The Morgan fingerprint density at radius 2 is 1.78 bits per heavy atom. The lowest BCUT2D eigenvalue weighted by Crippen LogP contribution is -2.27. The maximum absolute atomic E-state index is 12.9. The normalized spacial score (nSPS) is 10.5. The molecule has 3 aromatic rings. The first-order valence-corrected chi connectivity index (χ1v) is 8.70. The molecule has 0 saturated heterocycles. The van der Waals surface area contributed by atoms with Gasteiger partial charge < -0.3 is 10.2 Å². The van der Waals surface area contributed by atoms with Crippen LogP contribution in [0, 0.1) is 12.7 Å². The second-order valence-electron chi connectivity index (χ2n) is 6.22. The molecule has 0 aliphatic carbocycles. The van der Waals surface area contributed by atoms with Crippen molar-refractivity contribution in [3.05, 3.63) is 83.4 Å². The second kappa shape index (κ2) is 8.40. The van der Waals surface area contributed by atoms with Gasteiger partial charge in [0.15, 0.2) is 0 Å². The Morgan fingerprint density at radius 3 is 2.48 bits per heavy atom. The van der Waals surface area contributed by atoms with Crippen LogP contribution in [0.25, 0.3) is 0 Å². The van der Waals surface area contributed by atoms with Gasteiger partial charge in [0.05, 0.1) is 0 Å². The zero-order valence-corrected chi connectivity index (χ0v) is 15.3. The lowest BCUT2D eigenvalue weighted by Gasteiger charge is -2.18. The van der Waals surface area contributed by atoms with E-state index in [1.165, 1.54) is 12.1 Å². The topological polar surface area (TPSA) is 58.1 Å². The van der Waals surface area contributed by atoms with Gasteiger partial charge >= 0.3 is 0 Å². The maximum atomic E-state index is 12.9. The van der Waals surface area contributed by atoms with Gasteiger partial charge in [-0.05, 0) is 49.2 Å². The summed E-state index contributed by atoms with van der Waals surface area (Å²) in [5, 5.41) is 2.85. The minimum atomic E-state index is -0.269. The molecule has 0 unspecified atom stereocenters. The molecule has 0 fully saturated rings. The number of carbonyl (C=O) groups is 1. The quantitative estimate of drug-likeness (QED) is 0.725. The van der Waals surface area contributed by atoms with Gasteiger partial charge in [-0.3, -0.25) is 4.79 Å². The number of benzene rings is 2. The number of hydrogen-bond donors (Lipinski definition) is 1. The first-order chi connectivity index (χ1) is 13.0. The minimum Gasteiger partial charge on any atom is -0.350 e. The Morgan fingerprint density at radius 1 is 1.07 bits per heavy atom. The maximum Gasteiger partial charge on any atom is 0.270 e. The molecule has 1 aromatic heterocycles. The summed E-state index contributed by atoms with van der Waals surface area (Å²) in [7, 11) is 1.86. The molecular formula is C21H21FN4O. The van der Waals surface area contributed by atoms with Gasteiger partial charge in [-0.25, -0.2) is 14.4 Å². The van der Waals surface area contributed by atoms with Crippen molar-refractivity contribution in [2.75, 3.05) is 18.5 Å². The number of hydrogen-bond acceptors (Lipinski definition) is 4. The number of anilines is 2. The summed E-state index contributed by atoms with van der Waals surface area (Å²) in [6.45, 7) is 2.27. The summed E-state index contributed by atoms with van der Waals surface area (Å²) in [5.41, 5.74) is 2.93. The summed E-state index contributed by atoms with van der Waals surface area (Å²) in [6.07, 6.45) is 0.618. The van der Waals surface area contributed by atoms with Crippen LogP contribution in [0.1, 0.15) is 21.7 Å². The third kappa shape index (κ3) is 4.88. The van der Waals surface area contributed by atoms with Gasteiger partial charge in [0.1, 0.15) is 11.5 Å². The fourth-order valence-corrected chi connectivity index (χ4v) is 2.65. The third-order valence-electron chi connectivity index (χ3n) is 4.13. The number of carbonyl (C=O) groups excluding carboxylic acids is 1. The molecule has 0 spiro atoms. The zero-order chi connectivity index (χ0) is 19.2. The second-order valence-corrected chi connectivity index (χ2v) is 6.22. The number of aromatic nitrogens is 2. The van der Waals surface area contributed by atoms with E-state index in [-0.39, 0.29) is 11.7 Å². The molecule has 0 saturated carbocycles. The SMILES string of the molecule is Cc1cc(C(=O)NCCc2ccc(F)cc2)nc(N(C)c2ccccc2)n1. The highest BCUT2D eigenvalue weighted by molar-refractivity contribution is 5.92. The Labute approximate surface area is 157 Å². The van der Waals surface area contributed by atoms with Crippen LogP contribution in [0.15, 0.2) is 60.7 Å². The predicted molar refractivity (Wildman–Crippen MR) is 104 cm³/mol. The average molecular weight is 364 g/mol. The highest BCUT2D eigenvalue weighted by Crippen LogP contribution is 2.20. The summed E-state index contributed by atoms with van der Waals surface area (Å²) >= 11 is 0. The number of aryl methyl sites for hydroxylation is 1. The van der Waals surface area contributed by atoms with E-state index in [1.807, 2.05) is 49.2 Å². The molecule has 0 aliphatic heterocycles. The van der Waals surface area contributed by atoms with E-state index in [0.717, 1.165) is 11.3 Å². The van der Waals surface area contributed by atoms with E-state index in [4.69, 9.17) is 0 Å². The fourth-order valence-electron chi connectivity index (χ4n) is 2.65. The van der Waals surface area contributed by atoms with Crippen molar-refractivity contribution < 1.29 is 9.18 Å². The van der Waals surface area contributed by atoms with Gasteiger partial charge in [-0.15, -0.1) is 0 Å². The Bertz CT molecular complexity index is 913. The molecule has 2 aromatic carbocycles. The highest BCUT2D eigenvalue weighted by Gasteiger charge is 2.13. The number of amides is 1. The number of para-hydroxylation sites is 1. The van der Waals surface area contributed by atoms with E-state index in [9.17, 15) is 9.18 Å². The van der Waals surface area contributed by atoms with Crippen LogP contribution in [0.2, 0.25) is 0 Å². The van der Waals surface area contributed by atoms with Crippen LogP contribution in [-0.2, 0) is 6.42 Å². The minimum absolute atomic E-state index is 0.259. The van der Waals surface area contributed by atoms with Crippen LogP contribution >= 0.6 is 0 Å². The van der Waals surface area contributed by atoms with Gasteiger partial charge in [0.25, 0.3) is 5.91 Å². The molecule has 0 radical (unpaired) electrons. The van der Waals surface area contributed by atoms with Crippen LogP contribution in [0.3, 0.4) is 0 Å². The van der Waals surface area contributed by atoms with Gasteiger partial charge in [0, 0.05) is 25.0 Å². The molecular weight excluding hydrogens is 343 g/mol. The molecule has 1 heterocycles. The first-order valence-electron chi connectivity index (χ1n) is 8.70. The summed E-state index contributed by atoms with van der Waals surface area (Å²) in [6, 6.07) is 17.6. The van der Waals surface area contributed by atoms with Crippen molar-refractivity contribution in [3.63, 3.8) is 0 Å². The number of nitrogens with one attached hydrogen (secondary N) is 1. The lowest BCUT2D eigenvalue weighted by atomic mass is 10.1. The molecule has 1 amide bonds. The van der Waals surface area contributed by atoms with E-state index in [1.54, 1.807) is 18.2 Å². The van der Waals surface area contributed by atoms with Gasteiger partial charge in [0.2, 0.25) is 5.95 Å². The molecule has 5 nitrogen and oxygen atoms in total. The molecule has 0 atom stereocenters. The van der Waals surface area contributed by atoms with Crippen molar-refractivity contribution in [2.24, 2.45) is 0 Å². The monoisotopic (exact) mass is 364 g/mol. The zero-order valence-electron chi connectivity index (χ0n) is 15.3. The van der Waals surface area contributed by atoms with Crippen molar-refractivity contribution in [2.45, 2.75) is 13.3 Å². The molecule has 138 valence electrons. The highest BCUT2D eigenvalue weighted by atomic mass is 19.1. The molecule has 0 bridgehead atoms. The Balaban J connectivity index is 1.67. The third-order valence-corrected chi connectivity index (χ3v) is 4.13. The molecule has 27 heavy (non-hydrogen) atoms. The van der Waals surface area contributed by atoms with Crippen molar-refractivity contribution in [3.8, 4) is 0 Å². The molecule has 3 rings (SSSR count). The summed E-state index contributed by atoms with van der Waals surface area (Å²) in [5.74, 6) is -0.0653. The van der Waals surface area contributed by atoms with Crippen molar-refractivity contribution in [1.82, 2.24) is 15.3 Å². The van der Waals surface area contributed by atoms with Gasteiger partial charge in [-0.2, -0.15) is 0 Å². The van der Waals surface area contributed by atoms with Gasteiger partial charge in [-0.1, -0.05) is 30.3 Å². The smallest absolute Gasteiger partial charge is 0.270 e. The van der Waals surface area contributed by atoms with Crippen molar-refractivity contribution in [1.29, 1.82) is 0 Å². The van der Waals surface area contributed by atoms with E-state index in [0.29, 0.717) is 30.3 Å². The average Bonchev–Trinajstić information content (AvgIpc) is 2.69. The lowest BCUT2D eigenvalue weighted by molar-refractivity contribution is 0.0949. The number of halogens is 1. The standard InChI is InChI=1S/C21H21FN4O/c1-15-14-19(20(27)23-13-12-16-8-10-17(22)11-9-16)25-21(24-15)26(2)18-6-4-3-5-7-18/h3-11,14H,12-13H2,1-2H3,(H,23,27). The van der Waals surface area contributed by atoms with Crippen molar-refractivity contribution >= 4 is 17.5 Å². The van der Waals surface area contributed by atoms with Crippen LogP contribution < -0.4 is 10.2 Å². The Kier molecular flexibility index (Phi) is 5.76. The summed E-state index contributed by atoms with van der Waals surface area (Å²) < 4.78 is 12.9. The fraction of sp³-hybridized carbons (Fsp3) is 0.190. The van der Waals surface area contributed by atoms with Crippen LogP contribution in [0.4, 0.5) is 16.0 Å². The number of nitrogens with zero attached hydrogens (tertiary/aromatic N) is 3. The largest absolute Gasteiger partial charge is 0.350 e. The summed E-state index contributed by atoms with van der Waals surface area (Å²) in [4.78, 5) is 23.1. The molecule has 6 heteroatoms. The van der Waals surface area contributed by atoms with E-state index >= 15 is 0 Å². The molecule has 0 aliphatic rings. The van der Waals surface area contributed by atoms with Crippen LogP contribution in [0.5, 0.6) is 0 Å².